The zero-order valence-corrected chi connectivity index (χ0v) is 5.78. The molecule has 0 aromatic heterocycles. The molecule has 1 unspecified atom stereocenters. The summed E-state index contributed by atoms with van der Waals surface area (Å²) in [5, 5.41) is 8.16. The molecule has 3 heteroatoms. The second kappa shape index (κ2) is 4.73. The van der Waals surface area contributed by atoms with E-state index in [0.717, 1.165) is 12.4 Å². The summed E-state index contributed by atoms with van der Waals surface area (Å²) in [5.41, 5.74) is 0. The smallest absolute Gasteiger partial charge is 0.327 e. The first kappa shape index (κ1) is 8.88. The number of carbonyl (C=O) groups is 2. The quantitative estimate of drug-likeness (QED) is 0.467. The highest BCUT2D eigenvalue weighted by Gasteiger charge is 1.94. The Hall–Kier alpha value is -1.12. The Morgan fingerprint density at radius 1 is 1.70 bits per heavy atom. The maximum atomic E-state index is 9.93. The van der Waals surface area contributed by atoms with Crippen LogP contribution >= 0.6 is 0 Å². The molecular weight excluding hydrogens is 132 g/mol. The van der Waals surface area contributed by atoms with Gasteiger partial charge in [0.05, 0.1) is 0 Å². The average Bonchev–Trinajstić information content (AvgIpc) is 1.85. The molecule has 0 spiro atoms. The normalized spacial score (nSPS) is 13.3. The van der Waals surface area contributed by atoms with Crippen molar-refractivity contribution in [2.75, 3.05) is 0 Å². The summed E-state index contributed by atoms with van der Waals surface area (Å²) in [6.07, 6.45) is 3.70. The molecule has 0 aromatic carbocycles. The maximum Gasteiger partial charge on any atom is 0.327 e. The van der Waals surface area contributed by atoms with E-state index >= 15 is 0 Å². The molecule has 0 bridgehead atoms. The second-order valence-corrected chi connectivity index (χ2v) is 2.08. The van der Waals surface area contributed by atoms with Gasteiger partial charge in [-0.25, -0.2) is 4.79 Å². The Morgan fingerprint density at radius 2 is 2.30 bits per heavy atom. The molecule has 0 aromatic rings. The number of hydrogen-bond donors (Lipinski definition) is 1. The Bertz CT molecular complexity index is 149. The lowest BCUT2D eigenvalue weighted by Crippen LogP contribution is -1.93. The van der Waals surface area contributed by atoms with Crippen LogP contribution in [-0.4, -0.2) is 17.4 Å². The minimum absolute atomic E-state index is 0.0219. The van der Waals surface area contributed by atoms with E-state index in [0.29, 0.717) is 6.42 Å². The van der Waals surface area contributed by atoms with E-state index < -0.39 is 5.97 Å². The van der Waals surface area contributed by atoms with Gasteiger partial charge in [0.1, 0.15) is 6.29 Å². The molecule has 0 aliphatic carbocycles. The molecule has 1 N–H and O–H groups in total. The van der Waals surface area contributed by atoms with Crippen LogP contribution in [0.1, 0.15) is 13.3 Å². The van der Waals surface area contributed by atoms with Gasteiger partial charge in [0.15, 0.2) is 0 Å². The minimum atomic E-state index is -0.974. The van der Waals surface area contributed by atoms with Crippen molar-refractivity contribution in [1.82, 2.24) is 0 Å². The molecule has 56 valence electrons. The van der Waals surface area contributed by atoms with Crippen molar-refractivity contribution in [3.05, 3.63) is 12.2 Å². The highest BCUT2D eigenvalue weighted by molar-refractivity contribution is 5.79. The van der Waals surface area contributed by atoms with Gasteiger partial charge in [-0.1, -0.05) is 13.0 Å². The predicted octanol–water partition coefficient (Wildman–Crippen LogP) is 0.852. The van der Waals surface area contributed by atoms with E-state index in [4.69, 9.17) is 5.11 Å². The van der Waals surface area contributed by atoms with Crippen LogP contribution in [0.15, 0.2) is 12.2 Å². The van der Waals surface area contributed by atoms with E-state index in [1.54, 1.807) is 6.92 Å². The fourth-order valence-electron chi connectivity index (χ4n) is 0.477. The predicted molar refractivity (Wildman–Crippen MR) is 36.6 cm³/mol. The molecule has 3 nitrogen and oxygen atoms in total. The fourth-order valence-corrected chi connectivity index (χ4v) is 0.477. The summed E-state index contributed by atoms with van der Waals surface area (Å²) in [6.45, 7) is 1.79. The van der Waals surface area contributed by atoms with Crippen molar-refractivity contribution >= 4 is 12.3 Å². The standard InChI is InChI=1S/C7H10O3/c1-6(4-5-8)2-3-7(9)10/h2-3,5-6H,4H2,1H3,(H,9,10). The fraction of sp³-hybridized carbons (Fsp3) is 0.429. The van der Waals surface area contributed by atoms with Gasteiger partial charge in [-0.2, -0.15) is 0 Å². The minimum Gasteiger partial charge on any atom is -0.478 e. The summed E-state index contributed by atoms with van der Waals surface area (Å²) < 4.78 is 0. The molecule has 0 heterocycles. The zero-order chi connectivity index (χ0) is 7.98. The molecule has 0 rings (SSSR count). The van der Waals surface area contributed by atoms with Crippen molar-refractivity contribution in [3.63, 3.8) is 0 Å². The zero-order valence-electron chi connectivity index (χ0n) is 5.78. The lowest BCUT2D eigenvalue weighted by atomic mass is 10.1. The van der Waals surface area contributed by atoms with Gasteiger partial charge in [-0.05, 0) is 5.92 Å². The molecule has 0 aliphatic rings. The molecular formula is C7H10O3. The van der Waals surface area contributed by atoms with Crippen LogP contribution in [0.3, 0.4) is 0 Å². The Morgan fingerprint density at radius 3 is 2.70 bits per heavy atom. The van der Waals surface area contributed by atoms with Crippen molar-refractivity contribution < 1.29 is 14.7 Å². The van der Waals surface area contributed by atoms with Gasteiger partial charge in [0.2, 0.25) is 0 Å². The Labute approximate surface area is 59.4 Å². The van der Waals surface area contributed by atoms with Crippen LogP contribution < -0.4 is 0 Å². The first-order valence-electron chi connectivity index (χ1n) is 3.01. The van der Waals surface area contributed by atoms with E-state index in [1.807, 2.05) is 0 Å². The van der Waals surface area contributed by atoms with Gasteiger partial charge >= 0.3 is 5.97 Å². The number of carbonyl (C=O) groups excluding carboxylic acids is 1. The molecule has 0 radical (unpaired) electrons. The highest BCUT2D eigenvalue weighted by atomic mass is 16.4. The molecule has 0 fully saturated rings. The third-order valence-corrected chi connectivity index (χ3v) is 1.04. The van der Waals surface area contributed by atoms with Gasteiger partial charge in [0.25, 0.3) is 0 Å². The first-order valence-corrected chi connectivity index (χ1v) is 3.01. The lowest BCUT2D eigenvalue weighted by Gasteiger charge is -1.95. The topological polar surface area (TPSA) is 54.4 Å². The molecule has 0 aliphatic heterocycles. The summed E-state index contributed by atoms with van der Waals surface area (Å²) in [4.78, 5) is 19.8. The molecule has 0 saturated heterocycles. The SMILES string of the molecule is CC(C=CC(=O)O)CC=O. The number of carboxylic acid groups (broad SMARTS) is 1. The summed E-state index contributed by atoms with van der Waals surface area (Å²) in [5.74, 6) is -0.952. The Balaban J connectivity index is 3.65. The van der Waals surface area contributed by atoms with Crippen molar-refractivity contribution in [2.24, 2.45) is 5.92 Å². The van der Waals surface area contributed by atoms with E-state index in [-0.39, 0.29) is 5.92 Å². The largest absolute Gasteiger partial charge is 0.478 e. The Kier molecular flexibility index (Phi) is 4.20. The third kappa shape index (κ3) is 5.03. The van der Waals surface area contributed by atoms with Crippen LogP contribution in [0.25, 0.3) is 0 Å². The molecule has 10 heavy (non-hydrogen) atoms. The number of rotatable bonds is 4. The second-order valence-electron chi connectivity index (χ2n) is 2.08. The first-order chi connectivity index (χ1) is 4.66. The number of carboxylic acids is 1. The number of aliphatic carboxylic acids is 1. The molecule has 0 amide bonds. The van der Waals surface area contributed by atoms with Crippen molar-refractivity contribution in [2.45, 2.75) is 13.3 Å². The number of aldehydes is 1. The molecule has 0 saturated carbocycles. The van der Waals surface area contributed by atoms with Gasteiger partial charge in [0, 0.05) is 12.5 Å². The monoisotopic (exact) mass is 142 g/mol. The van der Waals surface area contributed by atoms with Crippen LogP contribution in [-0.2, 0) is 9.59 Å². The summed E-state index contributed by atoms with van der Waals surface area (Å²) in [7, 11) is 0. The van der Waals surface area contributed by atoms with Gasteiger partial charge in [-0.3, -0.25) is 0 Å². The highest BCUT2D eigenvalue weighted by Crippen LogP contribution is 1.99. The van der Waals surface area contributed by atoms with E-state index in [1.165, 1.54) is 6.08 Å². The number of allylic oxidation sites excluding steroid dienone is 1. The van der Waals surface area contributed by atoms with Gasteiger partial charge in [-0.15, -0.1) is 0 Å². The molecule has 1 atom stereocenters. The maximum absolute atomic E-state index is 9.93. The van der Waals surface area contributed by atoms with Crippen LogP contribution in [0.5, 0.6) is 0 Å². The lowest BCUT2D eigenvalue weighted by molar-refractivity contribution is -0.131. The third-order valence-electron chi connectivity index (χ3n) is 1.04. The van der Waals surface area contributed by atoms with Crippen molar-refractivity contribution in [3.8, 4) is 0 Å². The van der Waals surface area contributed by atoms with E-state index in [2.05, 4.69) is 0 Å². The van der Waals surface area contributed by atoms with Crippen LogP contribution in [0, 0.1) is 5.92 Å². The number of hydrogen-bond acceptors (Lipinski definition) is 2. The summed E-state index contributed by atoms with van der Waals surface area (Å²) in [6, 6.07) is 0. The average molecular weight is 142 g/mol. The van der Waals surface area contributed by atoms with Crippen LogP contribution in [0.2, 0.25) is 0 Å². The summed E-state index contributed by atoms with van der Waals surface area (Å²) >= 11 is 0. The van der Waals surface area contributed by atoms with E-state index in [9.17, 15) is 9.59 Å². The van der Waals surface area contributed by atoms with Crippen molar-refractivity contribution in [1.29, 1.82) is 0 Å². The van der Waals surface area contributed by atoms with Gasteiger partial charge < -0.3 is 9.90 Å². The van der Waals surface area contributed by atoms with Crippen LogP contribution in [0.4, 0.5) is 0 Å².